The molecule has 16 heavy (non-hydrogen) atoms. The molecule has 2 fully saturated rings. The molecule has 2 saturated heterocycles. The van der Waals surface area contributed by atoms with Crippen LogP contribution >= 0.6 is 0 Å². The minimum Gasteiger partial charge on any atom is -0.481 e. The summed E-state index contributed by atoms with van der Waals surface area (Å²) in [6, 6.07) is 0.195. The first-order valence-electron chi connectivity index (χ1n) is 6.23. The highest BCUT2D eigenvalue weighted by Gasteiger charge is 2.36. The molecule has 0 amide bonds. The lowest BCUT2D eigenvalue weighted by Crippen LogP contribution is -2.37. The zero-order chi connectivity index (χ0) is 11.5. The van der Waals surface area contributed by atoms with E-state index in [-0.39, 0.29) is 12.0 Å². The summed E-state index contributed by atoms with van der Waals surface area (Å²) in [4.78, 5) is 13.3. The van der Waals surface area contributed by atoms with Gasteiger partial charge in [0.05, 0.1) is 5.92 Å². The monoisotopic (exact) mass is 227 g/mol. The lowest BCUT2D eigenvalue weighted by Gasteiger charge is -2.30. The summed E-state index contributed by atoms with van der Waals surface area (Å²) < 4.78 is 5.34. The van der Waals surface area contributed by atoms with Gasteiger partial charge in [-0.15, -0.1) is 0 Å². The van der Waals surface area contributed by atoms with Crippen LogP contribution in [0.5, 0.6) is 0 Å². The minimum absolute atomic E-state index is 0.167. The van der Waals surface area contributed by atoms with Crippen molar-refractivity contribution in [3.05, 3.63) is 0 Å². The Hall–Kier alpha value is -0.610. The molecule has 0 aromatic heterocycles. The second-order valence-corrected chi connectivity index (χ2v) is 5.02. The first-order chi connectivity index (χ1) is 7.68. The predicted octanol–water partition coefficient (Wildman–Crippen LogP) is 1.21. The van der Waals surface area contributed by atoms with E-state index in [1.807, 2.05) is 6.92 Å². The van der Waals surface area contributed by atoms with Gasteiger partial charge >= 0.3 is 5.97 Å². The number of carboxylic acid groups (broad SMARTS) is 1. The second kappa shape index (κ2) is 5.15. The van der Waals surface area contributed by atoms with Gasteiger partial charge in [0, 0.05) is 25.8 Å². The number of nitrogens with zero attached hydrogens (tertiary/aromatic N) is 1. The zero-order valence-corrected chi connectivity index (χ0v) is 9.89. The molecule has 2 heterocycles. The fourth-order valence-corrected chi connectivity index (χ4v) is 2.85. The largest absolute Gasteiger partial charge is 0.481 e. The summed E-state index contributed by atoms with van der Waals surface area (Å²) in [5, 5.41) is 9.06. The molecule has 2 aliphatic heterocycles. The standard InChI is InChI=1S/C12H21NO3/c1-9-11(12(14)15)2-5-13(9)8-10-3-6-16-7-4-10/h9-11H,2-8H2,1H3,(H,14,15). The average molecular weight is 227 g/mol. The number of hydrogen-bond acceptors (Lipinski definition) is 3. The minimum atomic E-state index is -0.637. The molecule has 2 rings (SSSR count). The Morgan fingerprint density at radius 1 is 1.38 bits per heavy atom. The highest BCUT2D eigenvalue weighted by molar-refractivity contribution is 5.71. The summed E-state index contributed by atoms with van der Waals surface area (Å²) in [7, 11) is 0. The number of aliphatic carboxylic acids is 1. The molecule has 0 bridgehead atoms. The van der Waals surface area contributed by atoms with Crippen LogP contribution in [-0.2, 0) is 9.53 Å². The fraction of sp³-hybridized carbons (Fsp3) is 0.917. The molecule has 2 atom stereocenters. The summed E-state index contributed by atoms with van der Waals surface area (Å²) >= 11 is 0. The van der Waals surface area contributed by atoms with E-state index in [1.165, 1.54) is 0 Å². The van der Waals surface area contributed by atoms with Crippen LogP contribution in [0.3, 0.4) is 0 Å². The number of likely N-dealkylation sites (tertiary alicyclic amines) is 1. The fourth-order valence-electron chi connectivity index (χ4n) is 2.85. The Morgan fingerprint density at radius 2 is 2.06 bits per heavy atom. The maximum atomic E-state index is 11.0. The Bertz CT molecular complexity index is 251. The van der Waals surface area contributed by atoms with Crippen LogP contribution < -0.4 is 0 Å². The summed E-state index contributed by atoms with van der Waals surface area (Å²) in [6.45, 7) is 5.78. The third-order valence-corrected chi connectivity index (χ3v) is 4.04. The first-order valence-corrected chi connectivity index (χ1v) is 6.23. The Morgan fingerprint density at radius 3 is 2.62 bits per heavy atom. The SMILES string of the molecule is CC1C(C(=O)O)CCN1CC1CCOCC1. The number of ether oxygens (including phenoxy) is 1. The molecule has 4 nitrogen and oxygen atoms in total. The Kier molecular flexibility index (Phi) is 3.82. The maximum absolute atomic E-state index is 11.0. The van der Waals surface area contributed by atoms with Crippen molar-refractivity contribution in [1.29, 1.82) is 0 Å². The van der Waals surface area contributed by atoms with E-state index in [0.29, 0.717) is 5.92 Å². The molecular weight excluding hydrogens is 206 g/mol. The molecule has 4 heteroatoms. The molecule has 0 saturated carbocycles. The van der Waals surface area contributed by atoms with E-state index in [4.69, 9.17) is 9.84 Å². The summed E-state index contributed by atoms with van der Waals surface area (Å²) in [5.74, 6) is -0.106. The van der Waals surface area contributed by atoms with E-state index < -0.39 is 5.97 Å². The molecule has 2 unspecified atom stereocenters. The van der Waals surface area contributed by atoms with Gasteiger partial charge in [0.15, 0.2) is 0 Å². The van der Waals surface area contributed by atoms with Gasteiger partial charge in [0.1, 0.15) is 0 Å². The normalized spacial score (nSPS) is 33.1. The molecule has 0 aromatic rings. The van der Waals surface area contributed by atoms with Crippen molar-refractivity contribution < 1.29 is 14.6 Å². The van der Waals surface area contributed by atoms with Gasteiger partial charge in [0.2, 0.25) is 0 Å². The second-order valence-electron chi connectivity index (χ2n) is 5.02. The van der Waals surface area contributed by atoms with Crippen LogP contribution in [0.15, 0.2) is 0 Å². The van der Waals surface area contributed by atoms with Gasteiger partial charge < -0.3 is 9.84 Å². The van der Waals surface area contributed by atoms with Gasteiger partial charge in [0.25, 0.3) is 0 Å². The third kappa shape index (κ3) is 2.55. The van der Waals surface area contributed by atoms with E-state index in [9.17, 15) is 4.79 Å². The highest BCUT2D eigenvalue weighted by Crippen LogP contribution is 2.27. The molecule has 0 aliphatic carbocycles. The van der Waals surface area contributed by atoms with Gasteiger partial charge in [-0.05, 0) is 38.6 Å². The van der Waals surface area contributed by atoms with Crippen LogP contribution in [-0.4, -0.2) is 48.3 Å². The number of hydrogen-bond donors (Lipinski definition) is 1. The van der Waals surface area contributed by atoms with Crippen molar-refractivity contribution in [2.24, 2.45) is 11.8 Å². The Balaban J connectivity index is 1.84. The molecule has 1 N–H and O–H groups in total. The van der Waals surface area contributed by atoms with E-state index in [0.717, 1.165) is 45.6 Å². The molecule has 2 aliphatic rings. The summed E-state index contributed by atoms with van der Waals surface area (Å²) in [6.07, 6.45) is 3.06. The quantitative estimate of drug-likeness (QED) is 0.787. The Labute approximate surface area is 96.6 Å². The smallest absolute Gasteiger partial charge is 0.308 e. The molecule has 0 spiro atoms. The van der Waals surface area contributed by atoms with Crippen molar-refractivity contribution in [2.45, 2.75) is 32.2 Å². The lowest BCUT2D eigenvalue weighted by molar-refractivity contribution is -0.142. The predicted molar refractivity (Wildman–Crippen MR) is 60.3 cm³/mol. The van der Waals surface area contributed by atoms with Gasteiger partial charge in [-0.25, -0.2) is 0 Å². The van der Waals surface area contributed by atoms with Crippen LogP contribution in [0.4, 0.5) is 0 Å². The van der Waals surface area contributed by atoms with Crippen molar-refractivity contribution in [3.8, 4) is 0 Å². The van der Waals surface area contributed by atoms with E-state index in [1.54, 1.807) is 0 Å². The number of rotatable bonds is 3. The number of carbonyl (C=O) groups is 1. The van der Waals surface area contributed by atoms with E-state index >= 15 is 0 Å². The van der Waals surface area contributed by atoms with Crippen LogP contribution in [0.2, 0.25) is 0 Å². The number of carboxylic acids is 1. The average Bonchev–Trinajstić information content (AvgIpc) is 2.62. The topological polar surface area (TPSA) is 49.8 Å². The van der Waals surface area contributed by atoms with Crippen molar-refractivity contribution >= 4 is 5.97 Å². The van der Waals surface area contributed by atoms with Crippen LogP contribution in [0.25, 0.3) is 0 Å². The first kappa shape index (κ1) is 11.9. The molecular formula is C12H21NO3. The van der Waals surface area contributed by atoms with Gasteiger partial charge in [-0.2, -0.15) is 0 Å². The summed E-state index contributed by atoms with van der Waals surface area (Å²) in [5.41, 5.74) is 0. The van der Waals surface area contributed by atoms with Gasteiger partial charge in [-0.1, -0.05) is 0 Å². The van der Waals surface area contributed by atoms with Crippen LogP contribution in [0.1, 0.15) is 26.2 Å². The highest BCUT2D eigenvalue weighted by atomic mass is 16.5. The van der Waals surface area contributed by atoms with E-state index in [2.05, 4.69) is 4.90 Å². The lowest BCUT2D eigenvalue weighted by atomic mass is 9.98. The molecule has 0 aromatic carbocycles. The molecule has 92 valence electrons. The van der Waals surface area contributed by atoms with Gasteiger partial charge in [-0.3, -0.25) is 9.69 Å². The van der Waals surface area contributed by atoms with Crippen LogP contribution in [0, 0.1) is 11.8 Å². The van der Waals surface area contributed by atoms with Crippen molar-refractivity contribution in [1.82, 2.24) is 4.90 Å². The van der Waals surface area contributed by atoms with Crippen molar-refractivity contribution in [2.75, 3.05) is 26.3 Å². The maximum Gasteiger partial charge on any atom is 0.308 e. The molecule has 0 radical (unpaired) electrons. The van der Waals surface area contributed by atoms with Crippen molar-refractivity contribution in [3.63, 3.8) is 0 Å². The zero-order valence-electron chi connectivity index (χ0n) is 9.89. The third-order valence-electron chi connectivity index (χ3n) is 4.04.